The molecular weight excluding hydrogens is 456 g/mol. The normalized spacial score (nSPS) is 13.6. The monoisotopic (exact) mass is 476 g/mol. The summed E-state index contributed by atoms with van der Waals surface area (Å²) < 4.78 is 22.5. The van der Waals surface area contributed by atoms with Crippen molar-refractivity contribution in [1.82, 2.24) is 0 Å². The third-order valence-electron chi connectivity index (χ3n) is 5.18. The average Bonchev–Trinajstić information content (AvgIpc) is 3.05. The van der Waals surface area contributed by atoms with Crippen LogP contribution in [0.2, 0.25) is 0 Å². The van der Waals surface area contributed by atoms with Crippen LogP contribution in [0.3, 0.4) is 0 Å². The summed E-state index contributed by atoms with van der Waals surface area (Å²) in [4.78, 5) is 44.6. The van der Waals surface area contributed by atoms with Crippen molar-refractivity contribution in [3.63, 3.8) is 0 Å². The van der Waals surface area contributed by atoms with Gasteiger partial charge in [-0.25, -0.2) is 4.79 Å². The van der Waals surface area contributed by atoms with E-state index in [1.807, 2.05) is 12.1 Å². The van der Waals surface area contributed by atoms with Gasteiger partial charge in [-0.1, -0.05) is 18.2 Å². The lowest BCUT2D eigenvalue weighted by atomic mass is 9.77. The fourth-order valence-corrected chi connectivity index (χ4v) is 4.10. The number of aliphatic carboxylic acids is 1. The molecule has 2 heterocycles. The molecule has 0 atom stereocenters. The van der Waals surface area contributed by atoms with Crippen molar-refractivity contribution in [2.75, 3.05) is 0 Å². The third kappa shape index (κ3) is 4.31. The minimum absolute atomic E-state index is 0.290. The lowest BCUT2D eigenvalue weighted by molar-refractivity contribution is -0.134. The van der Waals surface area contributed by atoms with Crippen LogP contribution in [0.1, 0.15) is 47.8 Å². The Kier molecular flexibility index (Phi) is 6.00. The van der Waals surface area contributed by atoms with E-state index >= 15 is 0 Å². The summed E-state index contributed by atoms with van der Waals surface area (Å²) in [5, 5.41) is 7.42. The van der Waals surface area contributed by atoms with Crippen LogP contribution in [0.15, 0.2) is 60.7 Å². The summed E-state index contributed by atoms with van der Waals surface area (Å²) in [6.45, 7) is 3.69. The number of carboxylic acids is 1. The molecular formula is C26H20O9. The van der Waals surface area contributed by atoms with Crippen LogP contribution in [0.25, 0.3) is 0 Å². The number of hydrogen-bond acceptors (Lipinski definition) is 8. The van der Waals surface area contributed by atoms with Crippen LogP contribution in [-0.2, 0) is 24.7 Å². The molecule has 2 aliphatic rings. The molecule has 0 aromatic heterocycles. The lowest BCUT2D eigenvalue weighted by Gasteiger charge is -2.36. The van der Waals surface area contributed by atoms with E-state index in [9.17, 15) is 14.4 Å². The minimum atomic E-state index is -1.25. The van der Waals surface area contributed by atoms with Crippen LogP contribution in [-0.4, -0.2) is 29.0 Å². The number of esters is 3. The van der Waals surface area contributed by atoms with Gasteiger partial charge in [0.25, 0.3) is 5.97 Å². The van der Waals surface area contributed by atoms with E-state index in [2.05, 4.69) is 0 Å². The number of carbonyl (C=O) groups is 4. The van der Waals surface area contributed by atoms with E-state index in [-0.39, 0.29) is 0 Å². The molecule has 2 aliphatic heterocycles. The van der Waals surface area contributed by atoms with Crippen LogP contribution in [0.5, 0.6) is 23.0 Å². The topological polar surface area (TPSA) is 125 Å². The van der Waals surface area contributed by atoms with E-state index in [0.717, 1.165) is 6.92 Å². The highest BCUT2D eigenvalue weighted by atomic mass is 16.6. The van der Waals surface area contributed by atoms with Gasteiger partial charge in [0.15, 0.2) is 5.60 Å². The van der Waals surface area contributed by atoms with Crippen molar-refractivity contribution < 1.29 is 43.2 Å². The van der Waals surface area contributed by atoms with Gasteiger partial charge in [-0.15, -0.1) is 0 Å². The molecule has 0 unspecified atom stereocenters. The van der Waals surface area contributed by atoms with E-state index in [1.165, 1.54) is 13.8 Å². The molecule has 3 aromatic rings. The van der Waals surface area contributed by atoms with E-state index in [4.69, 9.17) is 28.8 Å². The van der Waals surface area contributed by atoms with E-state index < -0.39 is 29.5 Å². The Morgan fingerprint density at radius 2 is 1.26 bits per heavy atom. The van der Waals surface area contributed by atoms with Gasteiger partial charge in [-0.3, -0.25) is 14.4 Å². The molecule has 178 valence electrons. The first kappa shape index (κ1) is 23.5. The molecule has 0 saturated heterocycles. The highest BCUT2D eigenvalue weighted by Gasteiger charge is 2.53. The maximum Gasteiger partial charge on any atom is 0.340 e. The Hall–Kier alpha value is -4.66. The molecule has 0 bridgehead atoms. The molecule has 0 saturated carbocycles. The van der Waals surface area contributed by atoms with Gasteiger partial charge in [0, 0.05) is 49.6 Å². The van der Waals surface area contributed by atoms with Crippen molar-refractivity contribution in [3.05, 3.63) is 82.9 Å². The first-order valence-corrected chi connectivity index (χ1v) is 10.5. The van der Waals surface area contributed by atoms with Gasteiger partial charge >= 0.3 is 17.9 Å². The predicted octanol–water partition coefficient (Wildman–Crippen LogP) is 4.20. The number of fused-ring (bicyclic) bond motifs is 6. The summed E-state index contributed by atoms with van der Waals surface area (Å²) in [7, 11) is 0. The lowest BCUT2D eigenvalue weighted by Crippen LogP contribution is -2.33. The fraction of sp³-hybridized carbons (Fsp3) is 0.154. The second-order valence-corrected chi connectivity index (χ2v) is 7.74. The van der Waals surface area contributed by atoms with Gasteiger partial charge in [-0.05, 0) is 30.3 Å². The molecule has 35 heavy (non-hydrogen) atoms. The molecule has 9 nitrogen and oxygen atoms in total. The molecule has 0 amide bonds. The molecule has 3 aromatic carbocycles. The van der Waals surface area contributed by atoms with Gasteiger partial charge in [0.1, 0.15) is 23.0 Å². The first-order chi connectivity index (χ1) is 16.6. The summed E-state index contributed by atoms with van der Waals surface area (Å²) in [5.41, 5.74) is 1.06. The Bertz CT molecular complexity index is 1300. The Labute approximate surface area is 199 Å². The Morgan fingerprint density at radius 3 is 1.74 bits per heavy atom. The Balaban J connectivity index is 0.000000672. The van der Waals surface area contributed by atoms with Crippen molar-refractivity contribution in [2.45, 2.75) is 26.4 Å². The van der Waals surface area contributed by atoms with Crippen LogP contribution in [0.4, 0.5) is 0 Å². The molecule has 1 spiro atoms. The van der Waals surface area contributed by atoms with Gasteiger partial charge < -0.3 is 24.1 Å². The highest BCUT2D eigenvalue weighted by Crippen LogP contribution is 2.57. The van der Waals surface area contributed by atoms with Gasteiger partial charge in [-0.2, -0.15) is 0 Å². The van der Waals surface area contributed by atoms with E-state index in [1.54, 1.807) is 48.5 Å². The summed E-state index contributed by atoms with van der Waals surface area (Å²) in [5.74, 6) is -0.938. The number of benzene rings is 3. The van der Waals surface area contributed by atoms with E-state index in [0.29, 0.717) is 45.3 Å². The zero-order valence-electron chi connectivity index (χ0n) is 19.0. The molecule has 0 fully saturated rings. The standard InChI is InChI=1S/C24H16O7.C2H4O2/c1-13(25)28-15-7-9-19-21(11-15)30-22-12-16(29-14(2)26)8-10-20(22)24(19)18-6-4-3-5-17(18)23(27)31-24;1-2(3)4/h3-12H,1-2H3;1H3,(H,3,4). The number of hydrogen-bond donors (Lipinski definition) is 1. The Morgan fingerprint density at radius 1 is 0.771 bits per heavy atom. The molecule has 0 aliphatic carbocycles. The molecule has 1 N–H and O–H groups in total. The van der Waals surface area contributed by atoms with Crippen molar-refractivity contribution in [3.8, 4) is 23.0 Å². The highest BCUT2D eigenvalue weighted by molar-refractivity contribution is 5.97. The second-order valence-electron chi connectivity index (χ2n) is 7.74. The summed E-state index contributed by atoms with van der Waals surface area (Å²) >= 11 is 0. The number of ether oxygens (including phenoxy) is 4. The quantitative estimate of drug-likeness (QED) is 0.428. The van der Waals surface area contributed by atoms with Gasteiger partial charge in [0.2, 0.25) is 0 Å². The van der Waals surface area contributed by atoms with Crippen molar-refractivity contribution >= 4 is 23.9 Å². The fourth-order valence-electron chi connectivity index (χ4n) is 4.10. The van der Waals surface area contributed by atoms with Crippen molar-refractivity contribution in [2.24, 2.45) is 0 Å². The SMILES string of the molecule is CC(=O)O.CC(=O)Oc1ccc2c(c1)Oc1cc(OC(C)=O)ccc1C21OC(=O)c2ccccc21. The van der Waals surface area contributed by atoms with Crippen LogP contribution >= 0.6 is 0 Å². The third-order valence-corrected chi connectivity index (χ3v) is 5.18. The molecule has 9 heteroatoms. The van der Waals surface area contributed by atoms with Crippen molar-refractivity contribution in [1.29, 1.82) is 0 Å². The minimum Gasteiger partial charge on any atom is -0.481 e. The predicted molar refractivity (Wildman–Crippen MR) is 121 cm³/mol. The van der Waals surface area contributed by atoms with Crippen LogP contribution in [0, 0.1) is 0 Å². The first-order valence-electron chi connectivity index (χ1n) is 10.5. The molecule has 5 rings (SSSR count). The smallest absolute Gasteiger partial charge is 0.340 e. The number of carboxylic acid groups (broad SMARTS) is 1. The summed E-state index contributed by atoms with van der Waals surface area (Å²) in [6.07, 6.45) is 0. The number of carbonyl (C=O) groups excluding carboxylic acids is 3. The molecule has 0 radical (unpaired) electrons. The largest absolute Gasteiger partial charge is 0.481 e. The zero-order valence-corrected chi connectivity index (χ0v) is 19.0. The second kappa shape index (κ2) is 8.94. The average molecular weight is 476 g/mol. The maximum absolute atomic E-state index is 12.8. The summed E-state index contributed by atoms with van der Waals surface area (Å²) in [6, 6.07) is 16.9. The van der Waals surface area contributed by atoms with Gasteiger partial charge in [0.05, 0.1) is 5.56 Å². The maximum atomic E-state index is 12.8. The van der Waals surface area contributed by atoms with Crippen LogP contribution < -0.4 is 14.2 Å². The number of rotatable bonds is 2. The zero-order chi connectivity index (χ0) is 25.3.